The number of alkyl halides is 3. The maximum Gasteiger partial charge on any atom is 0.422 e. The molecule has 0 aromatic heterocycles. The van der Waals surface area contributed by atoms with E-state index in [4.69, 9.17) is 4.74 Å². The molecule has 0 fully saturated rings. The number of esters is 1. The van der Waals surface area contributed by atoms with Gasteiger partial charge in [0.2, 0.25) is 5.60 Å². The summed E-state index contributed by atoms with van der Waals surface area (Å²) >= 11 is 0. The molecule has 0 N–H and O–H groups in total. The molecule has 2 aromatic carbocycles. The SMILES string of the molecule is COC(C(=O)OCC(F)(F)F)(c1ccccc1)c1ccccc1. The largest absolute Gasteiger partial charge is 0.453 e. The molecular weight excluding hydrogens is 309 g/mol. The molecule has 0 atom stereocenters. The maximum absolute atomic E-state index is 12.5. The van der Waals surface area contributed by atoms with Crippen molar-refractivity contribution >= 4 is 5.97 Å². The van der Waals surface area contributed by atoms with E-state index in [0.29, 0.717) is 11.1 Å². The van der Waals surface area contributed by atoms with Crippen LogP contribution in [0.15, 0.2) is 60.7 Å². The molecule has 3 nitrogen and oxygen atoms in total. The number of methoxy groups -OCH3 is 1. The van der Waals surface area contributed by atoms with Crippen molar-refractivity contribution < 1.29 is 27.4 Å². The number of ether oxygens (including phenoxy) is 2. The van der Waals surface area contributed by atoms with Crippen LogP contribution in [-0.2, 0) is 19.9 Å². The number of benzene rings is 2. The molecular formula is C17H15F3O3. The summed E-state index contributed by atoms with van der Waals surface area (Å²) in [6.07, 6.45) is -4.61. The highest BCUT2D eigenvalue weighted by molar-refractivity contribution is 5.85. The van der Waals surface area contributed by atoms with Gasteiger partial charge in [0, 0.05) is 7.11 Å². The van der Waals surface area contributed by atoms with E-state index in [0.717, 1.165) is 0 Å². The van der Waals surface area contributed by atoms with E-state index in [2.05, 4.69) is 4.74 Å². The molecule has 2 aromatic rings. The number of hydrogen-bond acceptors (Lipinski definition) is 3. The van der Waals surface area contributed by atoms with Gasteiger partial charge >= 0.3 is 12.1 Å². The summed E-state index contributed by atoms with van der Waals surface area (Å²) in [6.45, 7) is -1.67. The average molecular weight is 324 g/mol. The summed E-state index contributed by atoms with van der Waals surface area (Å²) in [7, 11) is 1.26. The Balaban J connectivity index is 2.49. The van der Waals surface area contributed by atoms with Crippen molar-refractivity contribution in [3.63, 3.8) is 0 Å². The van der Waals surface area contributed by atoms with Gasteiger partial charge in [0.1, 0.15) is 0 Å². The molecule has 0 amide bonds. The number of hydrogen-bond donors (Lipinski definition) is 0. The van der Waals surface area contributed by atoms with Crippen LogP contribution < -0.4 is 0 Å². The van der Waals surface area contributed by atoms with Crippen LogP contribution in [0.5, 0.6) is 0 Å². The second-order valence-corrected chi connectivity index (χ2v) is 4.81. The van der Waals surface area contributed by atoms with Crippen molar-refractivity contribution in [2.45, 2.75) is 11.8 Å². The third-order valence-corrected chi connectivity index (χ3v) is 3.32. The van der Waals surface area contributed by atoms with Crippen molar-refractivity contribution in [1.82, 2.24) is 0 Å². The monoisotopic (exact) mass is 324 g/mol. The molecule has 0 spiro atoms. The summed E-state index contributed by atoms with van der Waals surface area (Å²) in [5, 5.41) is 0. The molecule has 23 heavy (non-hydrogen) atoms. The van der Waals surface area contributed by atoms with E-state index in [1.54, 1.807) is 60.7 Å². The third kappa shape index (κ3) is 3.71. The predicted octanol–water partition coefficient (Wildman–Crippen LogP) is 3.68. The Morgan fingerprint density at radius 2 is 1.35 bits per heavy atom. The minimum absolute atomic E-state index is 0.390. The standard InChI is InChI=1S/C17H15F3O3/c1-22-17(13-8-4-2-5-9-13,14-10-6-3-7-11-14)15(21)23-12-16(18,19)20/h2-11H,12H2,1H3. The molecule has 0 aliphatic carbocycles. The van der Waals surface area contributed by atoms with E-state index in [1.807, 2.05) is 0 Å². The summed E-state index contributed by atoms with van der Waals surface area (Å²) in [5.41, 5.74) is -0.977. The summed E-state index contributed by atoms with van der Waals surface area (Å²) in [6, 6.07) is 16.6. The predicted molar refractivity (Wildman–Crippen MR) is 77.7 cm³/mol. The van der Waals surface area contributed by atoms with Crippen LogP contribution >= 0.6 is 0 Å². The molecule has 2 rings (SSSR count). The fourth-order valence-electron chi connectivity index (χ4n) is 2.32. The lowest BCUT2D eigenvalue weighted by Gasteiger charge is -2.31. The maximum atomic E-state index is 12.5. The van der Waals surface area contributed by atoms with Crippen LogP contribution in [0.25, 0.3) is 0 Å². The van der Waals surface area contributed by atoms with Crippen molar-refractivity contribution in [3.05, 3.63) is 71.8 Å². The number of carbonyl (C=O) groups excluding carboxylic acids is 1. The van der Waals surface area contributed by atoms with Crippen LogP contribution in [0.2, 0.25) is 0 Å². The summed E-state index contributed by atoms with van der Waals surface area (Å²) in [5.74, 6) is -1.12. The van der Waals surface area contributed by atoms with Gasteiger partial charge in [-0.05, 0) is 11.1 Å². The van der Waals surface area contributed by atoms with Crippen LogP contribution in [-0.4, -0.2) is 25.9 Å². The Morgan fingerprint density at radius 3 is 1.70 bits per heavy atom. The topological polar surface area (TPSA) is 35.5 Å². The van der Waals surface area contributed by atoms with Gasteiger partial charge < -0.3 is 9.47 Å². The zero-order valence-corrected chi connectivity index (χ0v) is 12.3. The summed E-state index contributed by atoms with van der Waals surface area (Å²) < 4.78 is 47.1. The van der Waals surface area contributed by atoms with Gasteiger partial charge in [0.25, 0.3) is 0 Å². The lowest BCUT2D eigenvalue weighted by Crippen LogP contribution is -2.42. The van der Waals surface area contributed by atoms with Gasteiger partial charge in [-0.2, -0.15) is 13.2 Å². The Hall–Kier alpha value is -2.34. The average Bonchev–Trinajstić information content (AvgIpc) is 2.55. The van der Waals surface area contributed by atoms with Crippen molar-refractivity contribution in [2.75, 3.05) is 13.7 Å². The van der Waals surface area contributed by atoms with Crippen molar-refractivity contribution in [2.24, 2.45) is 0 Å². The zero-order valence-electron chi connectivity index (χ0n) is 12.3. The van der Waals surface area contributed by atoms with Crippen molar-refractivity contribution in [3.8, 4) is 0 Å². The number of rotatable bonds is 5. The number of halogens is 3. The highest BCUT2D eigenvalue weighted by atomic mass is 19.4. The summed E-state index contributed by atoms with van der Waals surface area (Å²) in [4.78, 5) is 12.5. The van der Waals surface area contributed by atoms with Crippen LogP contribution in [0.4, 0.5) is 13.2 Å². The van der Waals surface area contributed by atoms with E-state index in [1.165, 1.54) is 7.11 Å². The van der Waals surface area contributed by atoms with Crippen molar-refractivity contribution in [1.29, 1.82) is 0 Å². The minimum Gasteiger partial charge on any atom is -0.453 e. The van der Waals surface area contributed by atoms with Gasteiger partial charge in [-0.25, -0.2) is 4.79 Å². The fourth-order valence-corrected chi connectivity index (χ4v) is 2.32. The normalized spacial score (nSPS) is 12.0. The Labute approximate surface area is 131 Å². The second kappa shape index (κ2) is 6.83. The first-order chi connectivity index (χ1) is 10.9. The molecule has 0 unspecified atom stereocenters. The molecule has 0 saturated heterocycles. The lowest BCUT2D eigenvalue weighted by atomic mass is 9.86. The first-order valence-corrected chi connectivity index (χ1v) is 6.80. The molecule has 0 aliphatic heterocycles. The molecule has 6 heteroatoms. The minimum atomic E-state index is -4.61. The van der Waals surface area contributed by atoms with Gasteiger partial charge in [-0.3, -0.25) is 0 Å². The molecule has 0 radical (unpaired) electrons. The second-order valence-electron chi connectivity index (χ2n) is 4.81. The van der Waals surface area contributed by atoms with E-state index in [9.17, 15) is 18.0 Å². The molecule has 0 aliphatic rings. The molecule has 0 bridgehead atoms. The molecule has 122 valence electrons. The fraction of sp³-hybridized carbons (Fsp3) is 0.235. The highest BCUT2D eigenvalue weighted by Gasteiger charge is 2.45. The highest BCUT2D eigenvalue weighted by Crippen LogP contribution is 2.35. The Morgan fingerprint density at radius 1 is 0.913 bits per heavy atom. The van der Waals surface area contributed by atoms with E-state index in [-0.39, 0.29) is 0 Å². The van der Waals surface area contributed by atoms with Gasteiger partial charge in [0.05, 0.1) is 0 Å². The Bertz CT molecular complexity index is 600. The van der Waals surface area contributed by atoms with Gasteiger partial charge in [0.15, 0.2) is 6.61 Å². The van der Waals surface area contributed by atoms with Crippen LogP contribution in [0.3, 0.4) is 0 Å². The van der Waals surface area contributed by atoms with E-state index >= 15 is 0 Å². The smallest absolute Gasteiger partial charge is 0.422 e. The number of carbonyl (C=O) groups is 1. The first kappa shape index (κ1) is 17.0. The van der Waals surface area contributed by atoms with Gasteiger partial charge in [-0.1, -0.05) is 60.7 Å². The van der Waals surface area contributed by atoms with Gasteiger partial charge in [-0.15, -0.1) is 0 Å². The quantitative estimate of drug-likeness (QED) is 0.787. The third-order valence-electron chi connectivity index (χ3n) is 3.32. The molecule has 0 heterocycles. The van der Waals surface area contributed by atoms with E-state index < -0.39 is 24.4 Å². The lowest BCUT2D eigenvalue weighted by molar-refractivity contribution is -0.199. The van der Waals surface area contributed by atoms with Crippen LogP contribution in [0, 0.1) is 0 Å². The van der Waals surface area contributed by atoms with Crippen LogP contribution in [0.1, 0.15) is 11.1 Å². The Kier molecular flexibility index (Phi) is 5.05. The zero-order chi connectivity index (χ0) is 16.9. The molecule has 0 saturated carbocycles. The first-order valence-electron chi connectivity index (χ1n) is 6.80.